The molecular weight excluding hydrogens is 424 g/mol. The Labute approximate surface area is 198 Å². The van der Waals surface area contributed by atoms with E-state index < -0.39 is 0 Å². The van der Waals surface area contributed by atoms with E-state index in [-0.39, 0.29) is 0 Å². The van der Waals surface area contributed by atoms with Crippen LogP contribution >= 0.6 is 0 Å². The average molecular weight is 447 g/mol. The van der Waals surface area contributed by atoms with Gasteiger partial charge in [-0.2, -0.15) is 20.5 Å². The first-order chi connectivity index (χ1) is 16.4. The maximum Gasteiger partial charge on any atom is 0.232 e. The minimum absolute atomic E-state index is 0.311. The van der Waals surface area contributed by atoms with Crippen molar-refractivity contribution in [2.75, 3.05) is 10.6 Å². The van der Waals surface area contributed by atoms with Crippen molar-refractivity contribution in [3.8, 4) is 23.8 Å². The van der Waals surface area contributed by atoms with Gasteiger partial charge in [0.2, 0.25) is 11.8 Å². The third-order valence-corrected chi connectivity index (χ3v) is 5.05. The van der Waals surface area contributed by atoms with Crippen LogP contribution < -0.4 is 15.4 Å². The van der Waals surface area contributed by atoms with E-state index in [9.17, 15) is 5.26 Å². The van der Waals surface area contributed by atoms with Crippen molar-refractivity contribution >= 4 is 23.1 Å². The second-order valence-corrected chi connectivity index (χ2v) is 7.88. The number of hydrogen-bond acceptors (Lipinski definition) is 7. The zero-order chi connectivity index (χ0) is 24.1. The maximum atomic E-state index is 9.19. The molecule has 0 bridgehead atoms. The summed E-state index contributed by atoms with van der Waals surface area (Å²) in [4.78, 5) is 9.10. The molecule has 1 aromatic heterocycles. The van der Waals surface area contributed by atoms with Crippen molar-refractivity contribution in [3.63, 3.8) is 0 Å². The quantitative estimate of drug-likeness (QED) is 0.352. The fraction of sp³-hybridized carbons (Fsp3) is 0.111. The van der Waals surface area contributed by atoms with Gasteiger partial charge in [0.25, 0.3) is 0 Å². The Kier molecular flexibility index (Phi) is 6.38. The molecule has 4 rings (SSSR count). The second-order valence-electron chi connectivity index (χ2n) is 7.88. The Morgan fingerprint density at radius 3 is 2.12 bits per heavy atom. The van der Waals surface area contributed by atoms with E-state index in [1.54, 1.807) is 48.5 Å². The number of nitrogens with zero attached hydrogens (tertiary/aromatic N) is 4. The third kappa shape index (κ3) is 5.29. The number of rotatable bonds is 6. The van der Waals surface area contributed by atoms with Gasteiger partial charge in [0, 0.05) is 17.4 Å². The van der Waals surface area contributed by atoms with Crippen LogP contribution in [-0.4, -0.2) is 9.97 Å². The zero-order valence-corrected chi connectivity index (χ0v) is 19.0. The highest BCUT2D eigenvalue weighted by molar-refractivity contribution is 5.62. The van der Waals surface area contributed by atoms with Gasteiger partial charge in [-0.15, -0.1) is 0 Å². The highest BCUT2D eigenvalue weighted by atomic mass is 16.5. The molecule has 0 radical (unpaired) electrons. The fourth-order valence-electron chi connectivity index (χ4n) is 3.60. The van der Waals surface area contributed by atoms with Crippen molar-refractivity contribution in [1.82, 2.24) is 9.97 Å². The van der Waals surface area contributed by atoms with Crippen molar-refractivity contribution in [2.24, 2.45) is 0 Å². The normalized spacial score (nSPS) is 10.1. The summed E-state index contributed by atoms with van der Waals surface area (Å²) in [6.45, 7) is 6.05. The van der Waals surface area contributed by atoms with Crippen LogP contribution in [0, 0.1) is 43.4 Å². The molecule has 0 aliphatic rings. The molecule has 3 aromatic carbocycles. The molecule has 1 heterocycles. The van der Waals surface area contributed by atoms with E-state index in [1.807, 2.05) is 26.8 Å². The van der Waals surface area contributed by atoms with Crippen LogP contribution in [0.2, 0.25) is 0 Å². The standard InChI is InChI=1S/C27H22N6O/c1-17-11-18(2)26(19(3)12-17)34-25-14-24(30-22-9-7-20(15-28)8-10-22)32-27(33-25)31-23-6-4-5-21(13-23)16-29/h4-14H,1-3H3,(H2,30,31,32,33). The lowest BCUT2D eigenvalue weighted by Crippen LogP contribution is -2.03. The summed E-state index contributed by atoms with van der Waals surface area (Å²) in [5.74, 6) is 1.92. The molecule has 0 aliphatic heterocycles. The van der Waals surface area contributed by atoms with E-state index in [4.69, 9.17) is 10.00 Å². The lowest BCUT2D eigenvalue weighted by Gasteiger charge is -2.15. The van der Waals surface area contributed by atoms with Crippen LogP contribution in [0.5, 0.6) is 11.6 Å². The predicted octanol–water partition coefficient (Wildman–Crippen LogP) is 6.42. The Morgan fingerprint density at radius 1 is 0.735 bits per heavy atom. The number of anilines is 4. The van der Waals surface area contributed by atoms with Crippen molar-refractivity contribution in [2.45, 2.75) is 20.8 Å². The summed E-state index contributed by atoms with van der Waals surface area (Å²) in [5.41, 5.74) is 5.73. The number of benzene rings is 3. The van der Waals surface area contributed by atoms with E-state index in [2.05, 4.69) is 44.9 Å². The highest BCUT2D eigenvalue weighted by Gasteiger charge is 2.12. The molecule has 7 heteroatoms. The van der Waals surface area contributed by atoms with Gasteiger partial charge < -0.3 is 15.4 Å². The average Bonchev–Trinajstić information content (AvgIpc) is 2.82. The van der Waals surface area contributed by atoms with Crippen LogP contribution in [0.4, 0.5) is 23.1 Å². The minimum atomic E-state index is 0.311. The van der Waals surface area contributed by atoms with Gasteiger partial charge in [0.05, 0.1) is 23.3 Å². The summed E-state index contributed by atoms with van der Waals surface area (Å²) in [6, 6.07) is 24.2. The summed E-state index contributed by atoms with van der Waals surface area (Å²) in [6.07, 6.45) is 0. The van der Waals surface area contributed by atoms with Crippen LogP contribution in [0.3, 0.4) is 0 Å². The molecule has 0 aliphatic carbocycles. The lowest BCUT2D eigenvalue weighted by molar-refractivity contribution is 0.456. The monoisotopic (exact) mass is 446 g/mol. The van der Waals surface area contributed by atoms with Gasteiger partial charge >= 0.3 is 0 Å². The number of aromatic nitrogens is 2. The molecule has 2 N–H and O–H groups in total. The molecule has 0 atom stereocenters. The first-order valence-corrected chi connectivity index (χ1v) is 10.6. The number of hydrogen-bond donors (Lipinski definition) is 2. The van der Waals surface area contributed by atoms with E-state index in [0.29, 0.717) is 34.5 Å². The number of nitriles is 2. The number of nitrogens with one attached hydrogen (secondary N) is 2. The molecule has 0 saturated heterocycles. The summed E-state index contributed by atoms with van der Waals surface area (Å²) < 4.78 is 6.21. The predicted molar refractivity (Wildman–Crippen MR) is 132 cm³/mol. The summed E-state index contributed by atoms with van der Waals surface area (Å²) in [5, 5.41) is 24.6. The van der Waals surface area contributed by atoms with Crippen LogP contribution in [0.1, 0.15) is 27.8 Å². The van der Waals surface area contributed by atoms with Gasteiger partial charge in [-0.3, -0.25) is 0 Å². The van der Waals surface area contributed by atoms with Crippen LogP contribution in [0.25, 0.3) is 0 Å². The largest absolute Gasteiger partial charge is 0.438 e. The molecule has 7 nitrogen and oxygen atoms in total. The summed E-state index contributed by atoms with van der Waals surface area (Å²) in [7, 11) is 0. The first-order valence-electron chi connectivity index (χ1n) is 10.6. The Morgan fingerprint density at radius 2 is 1.44 bits per heavy atom. The van der Waals surface area contributed by atoms with Crippen molar-refractivity contribution < 1.29 is 4.74 Å². The van der Waals surface area contributed by atoms with Gasteiger partial charge in [-0.05, 0) is 74.4 Å². The van der Waals surface area contributed by atoms with Gasteiger partial charge in [0.1, 0.15) is 11.6 Å². The third-order valence-electron chi connectivity index (χ3n) is 5.05. The van der Waals surface area contributed by atoms with E-state index >= 15 is 0 Å². The lowest BCUT2D eigenvalue weighted by atomic mass is 10.1. The van der Waals surface area contributed by atoms with Gasteiger partial charge in [-0.25, -0.2) is 0 Å². The molecule has 166 valence electrons. The van der Waals surface area contributed by atoms with E-state index in [0.717, 1.165) is 28.1 Å². The second kappa shape index (κ2) is 9.72. The minimum Gasteiger partial charge on any atom is -0.438 e. The highest BCUT2D eigenvalue weighted by Crippen LogP contribution is 2.31. The van der Waals surface area contributed by atoms with Crippen LogP contribution in [0.15, 0.2) is 66.7 Å². The SMILES string of the molecule is Cc1cc(C)c(Oc2cc(Nc3ccc(C#N)cc3)nc(Nc3cccc(C#N)c3)n2)c(C)c1. The fourth-order valence-corrected chi connectivity index (χ4v) is 3.60. The van der Waals surface area contributed by atoms with Crippen molar-refractivity contribution in [1.29, 1.82) is 10.5 Å². The Hall–Kier alpha value is -4.88. The first kappa shape index (κ1) is 22.3. The topological polar surface area (TPSA) is 107 Å². The molecule has 0 spiro atoms. The zero-order valence-electron chi connectivity index (χ0n) is 19.0. The molecule has 0 unspecified atom stereocenters. The van der Waals surface area contributed by atoms with E-state index in [1.165, 1.54) is 0 Å². The van der Waals surface area contributed by atoms with Crippen molar-refractivity contribution in [3.05, 3.63) is 94.5 Å². The molecule has 34 heavy (non-hydrogen) atoms. The van der Waals surface area contributed by atoms with Gasteiger partial charge in [0.15, 0.2) is 0 Å². The number of ether oxygens (including phenoxy) is 1. The van der Waals surface area contributed by atoms with Crippen LogP contribution in [-0.2, 0) is 0 Å². The number of aryl methyl sites for hydroxylation is 3. The Balaban J connectivity index is 1.70. The molecular formula is C27H22N6O. The maximum absolute atomic E-state index is 9.19. The smallest absolute Gasteiger partial charge is 0.232 e. The van der Waals surface area contributed by atoms with Gasteiger partial charge in [-0.1, -0.05) is 23.8 Å². The summed E-state index contributed by atoms with van der Waals surface area (Å²) >= 11 is 0. The molecule has 4 aromatic rings. The molecule has 0 saturated carbocycles. The Bertz CT molecular complexity index is 1410. The molecule has 0 amide bonds. The molecule has 0 fully saturated rings.